The molecule has 0 radical (unpaired) electrons. The van der Waals surface area contributed by atoms with Crippen LogP contribution in [-0.2, 0) is 6.61 Å². The van der Waals surface area contributed by atoms with Crippen molar-refractivity contribution in [1.29, 1.82) is 0 Å². The van der Waals surface area contributed by atoms with Crippen LogP contribution < -0.4 is 9.84 Å². The fourth-order valence-electron chi connectivity index (χ4n) is 1.53. The van der Waals surface area contributed by atoms with E-state index in [2.05, 4.69) is 0 Å². The van der Waals surface area contributed by atoms with Crippen LogP contribution in [0.2, 0.25) is 5.02 Å². The second-order valence-corrected chi connectivity index (χ2v) is 4.26. The lowest BCUT2D eigenvalue weighted by Gasteiger charge is -2.10. The van der Waals surface area contributed by atoms with E-state index in [9.17, 15) is 14.3 Å². The van der Waals surface area contributed by atoms with E-state index >= 15 is 0 Å². The molecular formula is C14H9ClFO3-. The minimum Gasteiger partial charge on any atom is -0.545 e. The third-order valence-corrected chi connectivity index (χ3v) is 2.75. The molecule has 0 bridgehead atoms. The molecule has 19 heavy (non-hydrogen) atoms. The van der Waals surface area contributed by atoms with Gasteiger partial charge in [-0.05, 0) is 41.5 Å². The SMILES string of the molecule is O=C([O-])c1ccc(OCc2cccc(F)c2)c(Cl)c1. The highest BCUT2D eigenvalue weighted by Gasteiger charge is 2.04. The summed E-state index contributed by atoms with van der Waals surface area (Å²) in [6, 6.07) is 10.0. The summed E-state index contributed by atoms with van der Waals surface area (Å²) in [7, 11) is 0. The van der Waals surface area contributed by atoms with E-state index in [-0.39, 0.29) is 23.0 Å². The second-order valence-electron chi connectivity index (χ2n) is 3.85. The predicted molar refractivity (Wildman–Crippen MR) is 66.5 cm³/mol. The zero-order chi connectivity index (χ0) is 13.8. The molecule has 0 aliphatic rings. The highest BCUT2D eigenvalue weighted by Crippen LogP contribution is 2.26. The molecule has 0 aliphatic carbocycles. The van der Waals surface area contributed by atoms with Crippen LogP contribution in [0, 0.1) is 5.82 Å². The molecule has 0 aromatic heterocycles. The first-order valence-electron chi connectivity index (χ1n) is 5.44. The van der Waals surface area contributed by atoms with Crippen LogP contribution in [0.15, 0.2) is 42.5 Å². The van der Waals surface area contributed by atoms with E-state index in [1.54, 1.807) is 12.1 Å². The summed E-state index contributed by atoms with van der Waals surface area (Å²) in [5.41, 5.74) is 0.628. The van der Waals surface area contributed by atoms with Gasteiger partial charge < -0.3 is 14.6 Å². The minimum absolute atomic E-state index is 0.0249. The zero-order valence-electron chi connectivity index (χ0n) is 9.73. The number of halogens is 2. The number of carboxylic acids is 1. The molecular weight excluding hydrogens is 271 g/mol. The van der Waals surface area contributed by atoms with Crippen molar-refractivity contribution in [2.24, 2.45) is 0 Å². The molecule has 0 aliphatic heterocycles. The highest BCUT2D eigenvalue weighted by atomic mass is 35.5. The van der Waals surface area contributed by atoms with Gasteiger partial charge in [-0.3, -0.25) is 0 Å². The van der Waals surface area contributed by atoms with Crippen LogP contribution in [0.3, 0.4) is 0 Å². The topological polar surface area (TPSA) is 49.4 Å². The molecule has 0 fully saturated rings. The summed E-state index contributed by atoms with van der Waals surface area (Å²) >= 11 is 5.88. The lowest BCUT2D eigenvalue weighted by Crippen LogP contribution is -2.22. The number of hydrogen-bond donors (Lipinski definition) is 0. The molecule has 2 aromatic rings. The molecule has 0 atom stereocenters. The molecule has 0 N–H and O–H groups in total. The van der Waals surface area contributed by atoms with E-state index in [0.717, 1.165) is 0 Å². The Hall–Kier alpha value is -2.07. The summed E-state index contributed by atoms with van der Waals surface area (Å²) in [5.74, 6) is -1.32. The normalized spacial score (nSPS) is 10.2. The van der Waals surface area contributed by atoms with Gasteiger partial charge in [0.05, 0.1) is 11.0 Å². The highest BCUT2D eigenvalue weighted by molar-refractivity contribution is 6.32. The van der Waals surface area contributed by atoms with Crippen molar-refractivity contribution in [2.45, 2.75) is 6.61 Å². The number of hydrogen-bond acceptors (Lipinski definition) is 3. The molecule has 0 spiro atoms. The molecule has 0 heterocycles. The molecule has 0 amide bonds. The monoisotopic (exact) mass is 279 g/mol. The first kappa shape index (κ1) is 13.4. The molecule has 5 heteroatoms. The van der Waals surface area contributed by atoms with E-state index in [1.807, 2.05) is 0 Å². The average molecular weight is 280 g/mol. The molecule has 98 valence electrons. The molecule has 0 unspecified atom stereocenters. The summed E-state index contributed by atoms with van der Waals surface area (Å²) in [5, 5.41) is 10.8. The van der Waals surface area contributed by atoms with Crippen molar-refractivity contribution >= 4 is 17.6 Å². The maximum Gasteiger partial charge on any atom is 0.138 e. The van der Waals surface area contributed by atoms with Gasteiger partial charge in [0.2, 0.25) is 0 Å². The van der Waals surface area contributed by atoms with Crippen LogP contribution in [0.25, 0.3) is 0 Å². The Morgan fingerprint density at radius 3 is 2.68 bits per heavy atom. The van der Waals surface area contributed by atoms with Gasteiger partial charge >= 0.3 is 0 Å². The third kappa shape index (κ3) is 3.45. The minimum atomic E-state index is -1.31. The maximum atomic E-state index is 13.0. The smallest absolute Gasteiger partial charge is 0.138 e. The zero-order valence-corrected chi connectivity index (χ0v) is 10.5. The van der Waals surface area contributed by atoms with Gasteiger partial charge in [-0.2, -0.15) is 0 Å². The van der Waals surface area contributed by atoms with E-state index in [1.165, 1.54) is 30.3 Å². The Bertz CT molecular complexity index is 613. The Morgan fingerprint density at radius 2 is 2.05 bits per heavy atom. The molecule has 2 aromatic carbocycles. The fourth-order valence-corrected chi connectivity index (χ4v) is 1.77. The number of carbonyl (C=O) groups excluding carboxylic acids is 1. The summed E-state index contributed by atoms with van der Waals surface area (Å²) < 4.78 is 18.4. The number of rotatable bonds is 4. The van der Waals surface area contributed by atoms with Gasteiger partial charge in [-0.25, -0.2) is 4.39 Å². The van der Waals surface area contributed by atoms with Crippen LogP contribution in [0.1, 0.15) is 15.9 Å². The van der Waals surface area contributed by atoms with Gasteiger partial charge in [-0.15, -0.1) is 0 Å². The Kier molecular flexibility index (Phi) is 4.02. The fraction of sp³-hybridized carbons (Fsp3) is 0.0714. The van der Waals surface area contributed by atoms with Gasteiger partial charge in [0.25, 0.3) is 0 Å². The van der Waals surface area contributed by atoms with Gasteiger partial charge in [0.1, 0.15) is 18.2 Å². The maximum absolute atomic E-state index is 13.0. The quantitative estimate of drug-likeness (QED) is 0.863. The molecule has 2 rings (SSSR count). The van der Waals surface area contributed by atoms with Crippen LogP contribution in [0.4, 0.5) is 4.39 Å². The van der Waals surface area contributed by atoms with Crippen molar-refractivity contribution in [3.05, 3.63) is 64.4 Å². The van der Waals surface area contributed by atoms with Crippen LogP contribution in [0.5, 0.6) is 5.75 Å². The lowest BCUT2D eigenvalue weighted by atomic mass is 10.2. The largest absolute Gasteiger partial charge is 0.545 e. The number of carbonyl (C=O) groups is 1. The molecule has 0 saturated carbocycles. The lowest BCUT2D eigenvalue weighted by molar-refractivity contribution is -0.255. The van der Waals surface area contributed by atoms with Crippen molar-refractivity contribution in [3.63, 3.8) is 0 Å². The van der Waals surface area contributed by atoms with Gasteiger partial charge in [0.15, 0.2) is 0 Å². The van der Waals surface area contributed by atoms with Crippen LogP contribution in [-0.4, -0.2) is 5.97 Å². The number of aromatic carboxylic acids is 1. The Morgan fingerprint density at radius 1 is 1.26 bits per heavy atom. The predicted octanol–water partition coefficient (Wildman–Crippen LogP) is 2.42. The van der Waals surface area contributed by atoms with Crippen molar-refractivity contribution in [2.75, 3.05) is 0 Å². The number of benzene rings is 2. The van der Waals surface area contributed by atoms with Crippen molar-refractivity contribution in [3.8, 4) is 5.75 Å². The first-order chi connectivity index (χ1) is 9.06. The van der Waals surface area contributed by atoms with Gasteiger partial charge in [-0.1, -0.05) is 23.7 Å². The number of carboxylic acid groups (broad SMARTS) is 1. The third-order valence-electron chi connectivity index (χ3n) is 2.45. The Labute approximate surface area is 114 Å². The summed E-state index contributed by atoms with van der Waals surface area (Å²) in [6.07, 6.45) is 0. The summed E-state index contributed by atoms with van der Waals surface area (Å²) in [6.45, 7) is 0.141. The first-order valence-corrected chi connectivity index (χ1v) is 5.82. The van der Waals surface area contributed by atoms with Crippen molar-refractivity contribution in [1.82, 2.24) is 0 Å². The second kappa shape index (κ2) is 5.71. The van der Waals surface area contributed by atoms with Crippen molar-refractivity contribution < 1.29 is 19.0 Å². The van der Waals surface area contributed by atoms with E-state index in [4.69, 9.17) is 16.3 Å². The molecule has 3 nitrogen and oxygen atoms in total. The van der Waals surface area contributed by atoms with Gasteiger partial charge in [0, 0.05) is 0 Å². The Balaban J connectivity index is 2.10. The summed E-state index contributed by atoms with van der Waals surface area (Å²) in [4.78, 5) is 10.6. The number of ether oxygens (including phenoxy) is 1. The molecule has 0 saturated heterocycles. The standard InChI is InChI=1S/C14H10ClFO3/c15-12-7-10(14(17)18)4-5-13(12)19-8-9-2-1-3-11(16)6-9/h1-7H,8H2,(H,17,18)/p-1. The van der Waals surface area contributed by atoms with E-state index in [0.29, 0.717) is 11.3 Å². The van der Waals surface area contributed by atoms with E-state index < -0.39 is 5.97 Å². The van der Waals surface area contributed by atoms with Crippen LogP contribution >= 0.6 is 11.6 Å². The average Bonchev–Trinajstić information content (AvgIpc) is 2.37.